The van der Waals surface area contributed by atoms with Gasteiger partial charge in [-0.2, -0.15) is 0 Å². The topological polar surface area (TPSA) is 94.5 Å². The fourth-order valence-electron chi connectivity index (χ4n) is 6.51. The number of nitrogens with zero attached hydrogens (tertiary/aromatic N) is 1. The van der Waals surface area contributed by atoms with Gasteiger partial charge in [-0.3, -0.25) is 9.59 Å². The molecule has 0 heterocycles. The van der Waals surface area contributed by atoms with Gasteiger partial charge in [0.15, 0.2) is 6.29 Å². The Morgan fingerprint density at radius 1 is 0.491 bits per heavy atom. The van der Waals surface area contributed by atoms with Crippen molar-refractivity contribution in [2.24, 2.45) is 0 Å². The van der Waals surface area contributed by atoms with Crippen molar-refractivity contribution in [2.45, 2.75) is 213 Å². The van der Waals surface area contributed by atoms with Gasteiger partial charge in [0, 0.05) is 32.6 Å². The third-order valence-corrected chi connectivity index (χ3v) is 9.94. The van der Waals surface area contributed by atoms with E-state index in [9.17, 15) is 14.7 Å². The summed E-state index contributed by atoms with van der Waals surface area (Å²) in [7, 11) is 0. The lowest BCUT2D eigenvalue weighted by molar-refractivity contribution is -0.159. The minimum Gasteiger partial charge on any atom is -0.466 e. The number of aliphatic hydroxyl groups excluding tert-OH is 1. The van der Waals surface area contributed by atoms with Crippen molar-refractivity contribution in [1.29, 1.82) is 0 Å². The van der Waals surface area contributed by atoms with Gasteiger partial charge in [0.1, 0.15) is 0 Å². The predicted molar refractivity (Wildman–Crippen MR) is 230 cm³/mol. The first-order valence-electron chi connectivity index (χ1n) is 23.2. The van der Waals surface area contributed by atoms with Crippen LogP contribution in [0.2, 0.25) is 0 Å². The van der Waals surface area contributed by atoms with E-state index >= 15 is 0 Å². The van der Waals surface area contributed by atoms with Gasteiger partial charge in [-0.05, 0) is 96.6 Å². The van der Waals surface area contributed by atoms with E-state index in [-0.39, 0.29) is 24.8 Å². The highest BCUT2D eigenvalue weighted by Gasteiger charge is 2.13. The maximum absolute atomic E-state index is 12.5. The Bertz CT molecular complexity index is 840. The standard InChI is InChI=1S/C47H89NO7/c1-4-7-10-13-19-25-30-41-52-45(50)34-27-20-17-16-18-21-28-37-48(39-40-49)38-29-22-26-31-42-53-46(51)35-36-47(54-43-32-23-14-11-8-5-2)55-44-33-24-15-12-9-6-3/h8-9,11-12,47,49H,4-7,10,13-44H2,1-3H3/b11-8-,12-9-. The summed E-state index contributed by atoms with van der Waals surface area (Å²) in [5.74, 6) is -0.200. The zero-order chi connectivity index (χ0) is 40.1. The number of carbonyl (C=O) groups excluding carboxylic acids is 2. The summed E-state index contributed by atoms with van der Waals surface area (Å²) < 4.78 is 23.0. The molecule has 0 aliphatic heterocycles. The number of carbonyl (C=O) groups is 2. The normalized spacial score (nSPS) is 11.9. The van der Waals surface area contributed by atoms with Gasteiger partial charge in [0.25, 0.3) is 0 Å². The largest absolute Gasteiger partial charge is 0.466 e. The summed E-state index contributed by atoms with van der Waals surface area (Å²) in [6.07, 6.45) is 39.2. The molecule has 0 radical (unpaired) electrons. The molecule has 0 bridgehead atoms. The van der Waals surface area contributed by atoms with E-state index in [0.717, 1.165) is 122 Å². The molecule has 0 aromatic rings. The van der Waals surface area contributed by atoms with Crippen LogP contribution in [0.5, 0.6) is 0 Å². The van der Waals surface area contributed by atoms with Crippen LogP contribution in [0.4, 0.5) is 0 Å². The predicted octanol–water partition coefficient (Wildman–Crippen LogP) is 12.2. The first-order valence-corrected chi connectivity index (χ1v) is 23.2. The molecule has 0 spiro atoms. The zero-order valence-corrected chi connectivity index (χ0v) is 36.4. The van der Waals surface area contributed by atoms with E-state index in [1.54, 1.807) is 0 Å². The highest BCUT2D eigenvalue weighted by molar-refractivity contribution is 5.69. The summed E-state index contributed by atoms with van der Waals surface area (Å²) in [5.41, 5.74) is 0. The molecule has 0 unspecified atom stereocenters. The molecule has 0 amide bonds. The number of ether oxygens (including phenoxy) is 4. The number of rotatable bonds is 44. The van der Waals surface area contributed by atoms with E-state index < -0.39 is 0 Å². The average molecular weight is 780 g/mol. The molecule has 8 nitrogen and oxygen atoms in total. The molecule has 324 valence electrons. The van der Waals surface area contributed by atoms with Crippen molar-refractivity contribution in [1.82, 2.24) is 4.90 Å². The summed E-state index contributed by atoms with van der Waals surface area (Å²) >= 11 is 0. The summed E-state index contributed by atoms with van der Waals surface area (Å²) in [6, 6.07) is 0. The van der Waals surface area contributed by atoms with E-state index in [2.05, 4.69) is 50.0 Å². The third-order valence-electron chi connectivity index (χ3n) is 9.94. The minimum absolute atomic E-state index is 0.0283. The van der Waals surface area contributed by atoms with Crippen LogP contribution in [-0.4, -0.2) is 80.9 Å². The number of hydrogen-bond acceptors (Lipinski definition) is 8. The molecule has 0 rings (SSSR count). The number of aliphatic hydroxyl groups is 1. The molecule has 0 saturated carbocycles. The molecule has 0 aliphatic carbocycles. The van der Waals surface area contributed by atoms with Crippen molar-refractivity contribution in [3.05, 3.63) is 24.3 Å². The Balaban J connectivity index is 3.94. The monoisotopic (exact) mass is 780 g/mol. The van der Waals surface area contributed by atoms with Gasteiger partial charge in [-0.15, -0.1) is 0 Å². The molecule has 0 saturated heterocycles. The molecule has 0 aromatic carbocycles. The van der Waals surface area contributed by atoms with Crippen LogP contribution in [0, 0.1) is 0 Å². The van der Waals surface area contributed by atoms with E-state index in [0.29, 0.717) is 45.7 Å². The van der Waals surface area contributed by atoms with Crippen molar-refractivity contribution < 1.29 is 33.6 Å². The molecule has 55 heavy (non-hydrogen) atoms. The average Bonchev–Trinajstić information content (AvgIpc) is 3.18. The Morgan fingerprint density at radius 2 is 0.927 bits per heavy atom. The summed E-state index contributed by atoms with van der Waals surface area (Å²) in [4.78, 5) is 26.8. The van der Waals surface area contributed by atoms with Crippen molar-refractivity contribution >= 4 is 11.9 Å². The van der Waals surface area contributed by atoms with Crippen molar-refractivity contribution in [2.75, 3.05) is 52.7 Å². The van der Waals surface area contributed by atoms with Crippen LogP contribution in [0.1, 0.15) is 207 Å². The maximum atomic E-state index is 12.5. The third kappa shape index (κ3) is 41.7. The summed E-state index contributed by atoms with van der Waals surface area (Å²) in [5, 5.41) is 9.55. The van der Waals surface area contributed by atoms with Gasteiger partial charge in [0.2, 0.25) is 0 Å². The second-order valence-electron chi connectivity index (χ2n) is 15.2. The molecular weight excluding hydrogens is 691 g/mol. The van der Waals surface area contributed by atoms with Gasteiger partial charge in [0.05, 0.1) is 26.2 Å². The SMILES string of the molecule is CC/C=C\CCCCOC(CCC(=O)OCCCCCCN(CCO)CCCCCCCCCC(=O)OCCCCCCCCC)OCCCC/C=C\CC. The first kappa shape index (κ1) is 53.3. The van der Waals surface area contributed by atoms with Crippen LogP contribution in [0.15, 0.2) is 24.3 Å². The lowest BCUT2D eigenvalue weighted by atomic mass is 10.1. The molecule has 8 heteroatoms. The second-order valence-corrected chi connectivity index (χ2v) is 15.2. The highest BCUT2D eigenvalue weighted by Crippen LogP contribution is 2.13. The van der Waals surface area contributed by atoms with Gasteiger partial charge >= 0.3 is 11.9 Å². The van der Waals surface area contributed by atoms with Crippen LogP contribution in [0.3, 0.4) is 0 Å². The fourth-order valence-corrected chi connectivity index (χ4v) is 6.51. The Kier molecular flexibility index (Phi) is 43.5. The Hall–Kier alpha value is -1.74. The second kappa shape index (κ2) is 45.0. The van der Waals surface area contributed by atoms with Crippen molar-refractivity contribution in [3.63, 3.8) is 0 Å². The van der Waals surface area contributed by atoms with Crippen molar-refractivity contribution in [3.8, 4) is 0 Å². The van der Waals surface area contributed by atoms with Crippen LogP contribution < -0.4 is 0 Å². The number of esters is 2. The number of unbranched alkanes of at least 4 members (excludes halogenated alkanes) is 19. The van der Waals surface area contributed by atoms with E-state index in [1.807, 2.05) is 0 Å². The van der Waals surface area contributed by atoms with Gasteiger partial charge in [-0.1, -0.05) is 129 Å². The van der Waals surface area contributed by atoms with E-state index in [1.165, 1.54) is 64.2 Å². The fraction of sp³-hybridized carbons (Fsp3) is 0.872. The van der Waals surface area contributed by atoms with Gasteiger partial charge < -0.3 is 29.0 Å². The maximum Gasteiger partial charge on any atom is 0.305 e. The minimum atomic E-state index is -0.357. The summed E-state index contributed by atoms with van der Waals surface area (Å²) in [6.45, 7) is 11.8. The Morgan fingerprint density at radius 3 is 1.42 bits per heavy atom. The molecule has 0 atom stereocenters. The van der Waals surface area contributed by atoms with E-state index in [4.69, 9.17) is 18.9 Å². The quantitative estimate of drug-likeness (QED) is 0.0283. The number of hydrogen-bond donors (Lipinski definition) is 1. The molecule has 1 N–H and O–H groups in total. The Labute approximate surface area is 339 Å². The first-order chi connectivity index (χ1) is 27.1. The molecule has 0 fully saturated rings. The molecular formula is C47H89NO7. The number of allylic oxidation sites excluding steroid dienone is 4. The lowest BCUT2D eigenvalue weighted by Gasteiger charge is -2.21. The zero-order valence-electron chi connectivity index (χ0n) is 36.4. The van der Waals surface area contributed by atoms with Crippen LogP contribution in [-0.2, 0) is 28.5 Å². The molecule has 0 aromatic heterocycles. The lowest BCUT2D eigenvalue weighted by Crippen LogP contribution is -2.29. The highest BCUT2D eigenvalue weighted by atomic mass is 16.7. The smallest absolute Gasteiger partial charge is 0.305 e. The van der Waals surface area contributed by atoms with Crippen LogP contribution in [0.25, 0.3) is 0 Å². The molecule has 0 aliphatic rings. The van der Waals surface area contributed by atoms with Gasteiger partial charge in [-0.25, -0.2) is 0 Å². The van der Waals surface area contributed by atoms with Crippen LogP contribution >= 0.6 is 0 Å².